The van der Waals surface area contributed by atoms with Crippen LogP contribution < -0.4 is 4.74 Å². The first-order valence-electron chi connectivity index (χ1n) is 7.29. The number of benzene rings is 1. The predicted octanol–water partition coefficient (Wildman–Crippen LogP) is 4.08. The largest absolute Gasteiger partial charge is 0.494 e. The number of carboxylic acids is 1. The van der Waals surface area contributed by atoms with Crippen LogP contribution in [-0.4, -0.2) is 29.2 Å². The molecule has 1 saturated carbocycles. The smallest absolute Gasteiger partial charge is 0.335 e. The number of rotatable bonds is 8. The summed E-state index contributed by atoms with van der Waals surface area (Å²) in [6.45, 7) is 0.654. The van der Waals surface area contributed by atoms with Gasteiger partial charge in [0.05, 0.1) is 12.2 Å². The Morgan fingerprint density at radius 1 is 1.35 bits per heavy atom. The standard InChI is InChI=1S/C16H22O3S/c17-16(18)14-7-3-8-15(11-14)19-9-4-10-20-12-13-5-1-2-6-13/h3,7-8,11,13H,1-2,4-6,9-10,12H2,(H,17,18). The number of ether oxygens (including phenoxy) is 1. The lowest BCUT2D eigenvalue weighted by Gasteiger charge is -2.09. The zero-order chi connectivity index (χ0) is 14.2. The Morgan fingerprint density at radius 2 is 2.15 bits per heavy atom. The molecule has 0 unspecified atom stereocenters. The molecule has 4 heteroatoms. The molecular weight excluding hydrogens is 272 g/mol. The van der Waals surface area contributed by atoms with Gasteiger partial charge in [-0.05, 0) is 54.9 Å². The van der Waals surface area contributed by atoms with E-state index in [0.29, 0.717) is 12.4 Å². The van der Waals surface area contributed by atoms with Crippen LogP contribution in [0.4, 0.5) is 0 Å². The summed E-state index contributed by atoms with van der Waals surface area (Å²) in [4.78, 5) is 10.8. The molecule has 110 valence electrons. The monoisotopic (exact) mass is 294 g/mol. The third-order valence-corrected chi connectivity index (χ3v) is 4.90. The minimum Gasteiger partial charge on any atom is -0.494 e. The third kappa shape index (κ3) is 5.08. The Morgan fingerprint density at radius 3 is 2.90 bits per heavy atom. The van der Waals surface area contributed by atoms with E-state index in [9.17, 15) is 4.79 Å². The summed E-state index contributed by atoms with van der Waals surface area (Å²) in [6, 6.07) is 6.67. The fraction of sp³-hybridized carbons (Fsp3) is 0.562. The van der Waals surface area contributed by atoms with Gasteiger partial charge in [0.2, 0.25) is 0 Å². The Balaban J connectivity index is 1.58. The minimum atomic E-state index is -0.914. The van der Waals surface area contributed by atoms with Crippen molar-refractivity contribution in [3.63, 3.8) is 0 Å². The second-order valence-electron chi connectivity index (χ2n) is 5.26. The van der Waals surface area contributed by atoms with E-state index < -0.39 is 5.97 Å². The van der Waals surface area contributed by atoms with Crippen LogP contribution >= 0.6 is 11.8 Å². The van der Waals surface area contributed by atoms with Crippen LogP contribution in [0.15, 0.2) is 24.3 Å². The van der Waals surface area contributed by atoms with Crippen molar-refractivity contribution in [2.24, 2.45) is 5.92 Å². The van der Waals surface area contributed by atoms with Gasteiger partial charge >= 0.3 is 5.97 Å². The maximum Gasteiger partial charge on any atom is 0.335 e. The van der Waals surface area contributed by atoms with Crippen LogP contribution in [0, 0.1) is 5.92 Å². The molecule has 0 aromatic heterocycles. The molecular formula is C16H22O3S. The molecule has 0 spiro atoms. The highest BCUT2D eigenvalue weighted by Crippen LogP contribution is 2.27. The van der Waals surface area contributed by atoms with Gasteiger partial charge < -0.3 is 9.84 Å². The average molecular weight is 294 g/mol. The Bertz CT molecular complexity index is 427. The zero-order valence-corrected chi connectivity index (χ0v) is 12.5. The van der Waals surface area contributed by atoms with Gasteiger partial charge in [-0.3, -0.25) is 0 Å². The molecule has 0 bridgehead atoms. The first-order chi connectivity index (χ1) is 9.75. The summed E-state index contributed by atoms with van der Waals surface area (Å²) >= 11 is 2.02. The van der Waals surface area contributed by atoms with Crippen LogP contribution in [0.5, 0.6) is 5.75 Å². The quantitative estimate of drug-likeness (QED) is 0.734. The van der Waals surface area contributed by atoms with Crippen LogP contribution in [0.2, 0.25) is 0 Å². The number of hydrogen-bond acceptors (Lipinski definition) is 3. The third-order valence-electron chi connectivity index (χ3n) is 3.61. The molecule has 3 nitrogen and oxygen atoms in total. The molecule has 1 aromatic rings. The van der Waals surface area contributed by atoms with Crippen molar-refractivity contribution in [3.05, 3.63) is 29.8 Å². The second-order valence-corrected chi connectivity index (χ2v) is 6.41. The maximum atomic E-state index is 10.8. The number of hydrogen-bond donors (Lipinski definition) is 1. The molecule has 20 heavy (non-hydrogen) atoms. The lowest BCUT2D eigenvalue weighted by atomic mass is 10.1. The van der Waals surface area contributed by atoms with Crippen LogP contribution in [0.1, 0.15) is 42.5 Å². The fourth-order valence-electron chi connectivity index (χ4n) is 2.50. The molecule has 0 radical (unpaired) electrons. The van der Waals surface area contributed by atoms with E-state index >= 15 is 0 Å². The predicted molar refractivity (Wildman–Crippen MR) is 82.8 cm³/mol. The van der Waals surface area contributed by atoms with Crippen LogP contribution in [0.3, 0.4) is 0 Å². The van der Waals surface area contributed by atoms with E-state index in [2.05, 4.69) is 0 Å². The molecule has 1 aliphatic carbocycles. The summed E-state index contributed by atoms with van der Waals surface area (Å²) < 4.78 is 5.59. The summed E-state index contributed by atoms with van der Waals surface area (Å²) in [5, 5.41) is 8.90. The lowest BCUT2D eigenvalue weighted by Crippen LogP contribution is -2.02. The molecule has 0 heterocycles. The molecule has 1 aromatic carbocycles. The molecule has 1 N–H and O–H groups in total. The molecule has 0 saturated heterocycles. The number of carboxylic acid groups (broad SMARTS) is 1. The van der Waals surface area contributed by atoms with E-state index in [1.165, 1.54) is 31.4 Å². The topological polar surface area (TPSA) is 46.5 Å². The van der Waals surface area contributed by atoms with Crippen molar-refractivity contribution in [3.8, 4) is 5.75 Å². The highest BCUT2D eigenvalue weighted by Gasteiger charge is 2.14. The highest BCUT2D eigenvalue weighted by atomic mass is 32.2. The van der Waals surface area contributed by atoms with Gasteiger partial charge in [-0.2, -0.15) is 11.8 Å². The average Bonchev–Trinajstić information content (AvgIpc) is 2.96. The summed E-state index contributed by atoms with van der Waals surface area (Å²) in [6.07, 6.45) is 6.65. The van der Waals surface area contributed by atoms with E-state index in [-0.39, 0.29) is 5.56 Å². The Labute approximate surface area is 124 Å². The highest BCUT2D eigenvalue weighted by molar-refractivity contribution is 7.99. The van der Waals surface area contributed by atoms with E-state index in [1.807, 2.05) is 11.8 Å². The van der Waals surface area contributed by atoms with Crippen molar-refractivity contribution < 1.29 is 14.6 Å². The van der Waals surface area contributed by atoms with Crippen LogP contribution in [0.25, 0.3) is 0 Å². The molecule has 0 atom stereocenters. The molecule has 0 aliphatic heterocycles. The molecule has 0 amide bonds. The van der Waals surface area contributed by atoms with E-state index in [1.54, 1.807) is 24.3 Å². The van der Waals surface area contributed by atoms with E-state index in [0.717, 1.165) is 18.1 Å². The SMILES string of the molecule is O=C(O)c1cccc(OCCCSCC2CCCC2)c1. The van der Waals surface area contributed by atoms with Crippen molar-refractivity contribution in [1.82, 2.24) is 0 Å². The van der Waals surface area contributed by atoms with Gasteiger partial charge in [-0.1, -0.05) is 18.9 Å². The van der Waals surface area contributed by atoms with Gasteiger partial charge in [0.25, 0.3) is 0 Å². The van der Waals surface area contributed by atoms with Crippen molar-refractivity contribution >= 4 is 17.7 Å². The number of aromatic carboxylic acids is 1. The lowest BCUT2D eigenvalue weighted by molar-refractivity contribution is 0.0696. The normalized spacial score (nSPS) is 15.4. The van der Waals surface area contributed by atoms with Gasteiger partial charge in [0.1, 0.15) is 5.75 Å². The van der Waals surface area contributed by atoms with Gasteiger partial charge in [-0.25, -0.2) is 4.79 Å². The second kappa shape index (κ2) is 8.20. The molecule has 2 rings (SSSR count). The first-order valence-corrected chi connectivity index (χ1v) is 8.45. The zero-order valence-electron chi connectivity index (χ0n) is 11.7. The summed E-state index contributed by atoms with van der Waals surface area (Å²) in [5.74, 6) is 3.07. The van der Waals surface area contributed by atoms with Gasteiger partial charge in [0, 0.05) is 0 Å². The van der Waals surface area contributed by atoms with E-state index in [4.69, 9.17) is 9.84 Å². The number of thioether (sulfide) groups is 1. The van der Waals surface area contributed by atoms with Crippen molar-refractivity contribution in [1.29, 1.82) is 0 Å². The van der Waals surface area contributed by atoms with Crippen molar-refractivity contribution in [2.75, 3.05) is 18.1 Å². The summed E-state index contributed by atoms with van der Waals surface area (Å²) in [5.41, 5.74) is 0.276. The Hall–Kier alpha value is -1.16. The first kappa shape index (κ1) is 15.2. The van der Waals surface area contributed by atoms with Gasteiger partial charge in [0.15, 0.2) is 0 Å². The van der Waals surface area contributed by atoms with Crippen molar-refractivity contribution in [2.45, 2.75) is 32.1 Å². The maximum absolute atomic E-state index is 10.8. The Kier molecular flexibility index (Phi) is 6.25. The fourth-order valence-corrected chi connectivity index (χ4v) is 3.65. The van der Waals surface area contributed by atoms with Crippen LogP contribution in [-0.2, 0) is 0 Å². The summed E-state index contributed by atoms with van der Waals surface area (Å²) in [7, 11) is 0. The minimum absolute atomic E-state index is 0.276. The molecule has 1 fully saturated rings. The number of carbonyl (C=O) groups is 1. The van der Waals surface area contributed by atoms with Gasteiger partial charge in [-0.15, -0.1) is 0 Å². The molecule has 1 aliphatic rings.